The van der Waals surface area contributed by atoms with Crippen LogP contribution in [0.2, 0.25) is 0 Å². The number of aromatic nitrogens is 4. The van der Waals surface area contributed by atoms with Gasteiger partial charge in [-0.05, 0) is 59.2 Å². The van der Waals surface area contributed by atoms with Crippen molar-refractivity contribution in [1.82, 2.24) is 19.6 Å². The molecule has 126 valence electrons. The summed E-state index contributed by atoms with van der Waals surface area (Å²) < 4.78 is 1.83. The van der Waals surface area contributed by atoms with Crippen molar-refractivity contribution in [1.29, 1.82) is 0 Å². The maximum Gasteiger partial charge on any atom is 0.155 e. The average molecular weight is 330 g/mol. The van der Waals surface area contributed by atoms with Crippen LogP contribution in [-0.2, 0) is 6.42 Å². The molecule has 0 aliphatic carbocycles. The first-order valence-corrected chi connectivity index (χ1v) is 8.78. The molecule has 1 aromatic carbocycles. The van der Waals surface area contributed by atoms with Gasteiger partial charge in [-0.3, -0.25) is 4.98 Å². The molecule has 0 bridgehead atoms. The first-order valence-electron chi connectivity index (χ1n) is 8.78. The van der Waals surface area contributed by atoms with Crippen molar-refractivity contribution in [3.8, 4) is 0 Å². The molecule has 4 heteroatoms. The van der Waals surface area contributed by atoms with Crippen LogP contribution in [0.1, 0.15) is 49.3 Å². The Morgan fingerprint density at radius 2 is 1.80 bits per heavy atom. The molecular weight excluding hydrogens is 308 g/mol. The number of pyridine rings is 2. The van der Waals surface area contributed by atoms with Crippen molar-refractivity contribution < 1.29 is 0 Å². The number of benzene rings is 1. The molecule has 0 fully saturated rings. The molecule has 4 nitrogen and oxygen atoms in total. The summed E-state index contributed by atoms with van der Waals surface area (Å²) in [5, 5.41) is 5.45. The monoisotopic (exact) mass is 330 g/mol. The number of hydrogen-bond donors (Lipinski definition) is 0. The molecule has 0 amide bonds. The van der Waals surface area contributed by atoms with E-state index in [1.807, 2.05) is 16.8 Å². The first kappa shape index (κ1) is 15.8. The molecule has 0 N–H and O–H groups in total. The predicted molar refractivity (Wildman–Crippen MR) is 101 cm³/mol. The molecular formula is C21H22N4. The van der Waals surface area contributed by atoms with Gasteiger partial charge < -0.3 is 0 Å². The Morgan fingerprint density at radius 1 is 0.960 bits per heavy atom. The van der Waals surface area contributed by atoms with Crippen molar-refractivity contribution in [3.05, 3.63) is 71.8 Å². The third kappa shape index (κ3) is 3.12. The lowest BCUT2D eigenvalue weighted by Gasteiger charge is -2.13. The highest BCUT2D eigenvalue weighted by molar-refractivity contribution is 5.79. The largest absolute Gasteiger partial charge is 0.256 e. The molecule has 0 aliphatic heterocycles. The van der Waals surface area contributed by atoms with Crippen LogP contribution in [0.15, 0.2) is 55.1 Å². The Labute approximate surface area is 147 Å². The van der Waals surface area contributed by atoms with E-state index in [1.165, 1.54) is 22.1 Å². The average Bonchev–Trinajstić information content (AvgIpc) is 3.08. The van der Waals surface area contributed by atoms with Gasteiger partial charge in [-0.15, -0.1) is 0 Å². The highest BCUT2D eigenvalue weighted by Crippen LogP contribution is 2.24. The molecule has 1 unspecified atom stereocenters. The van der Waals surface area contributed by atoms with E-state index in [0.717, 1.165) is 17.6 Å². The van der Waals surface area contributed by atoms with Crippen LogP contribution in [0, 0.1) is 0 Å². The topological polar surface area (TPSA) is 43.1 Å². The fourth-order valence-electron chi connectivity index (χ4n) is 3.26. The lowest BCUT2D eigenvalue weighted by atomic mass is 9.94. The Morgan fingerprint density at radius 3 is 2.64 bits per heavy atom. The molecule has 0 spiro atoms. The van der Waals surface area contributed by atoms with Gasteiger partial charge in [0.15, 0.2) is 5.65 Å². The van der Waals surface area contributed by atoms with Gasteiger partial charge in [-0.25, -0.2) is 9.50 Å². The number of rotatable bonds is 4. The normalized spacial score (nSPS) is 13.0. The summed E-state index contributed by atoms with van der Waals surface area (Å²) >= 11 is 0. The van der Waals surface area contributed by atoms with Gasteiger partial charge in [0.1, 0.15) is 6.33 Å². The van der Waals surface area contributed by atoms with E-state index < -0.39 is 0 Å². The van der Waals surface area contributed by atoms with Gasteiger partial charge >= 0.3 is 0 Å². The second kappa shape index (κ2) is 6.28. The summed E-state index contributed by atoms with van der Waals surface area (Å²) in [5.74, 6) is 0.919. The Bertz CT molecular complexity index is 1030. The summed E-state index contributed by atoms with van der Waals surface area (Å²) in [5.41, 5.74) is 5.82. The van der Waals surface area contributed by atoms with Crippen LogP contribution in [-0.4, -0.2) is 19.6 Å². The smallest absolute Gasteiger partial charge is 0.155 e. The number of hydrogen-bond acceptors (Lipinski definition) is 3. The van der Waals surface area contributed by atoms with Crippen molar-refractivity contribution >= 4 is 16.6 Å². The van der Waals surface area contributed by atoms with Crippen molar-refractivity contribution in [3.63, 3.8) is 0 Å². The molecule has 0 saturated heterocycles. The summed E-state index contributed by atoms with van der Waals surface area (Å²) in [6, 6.07) is 13.0. The molecule has 25 heavy (non-hydrogen) atoms. The third-order valence-electron chi connectivity index (χ3n) is 4.84. The molecule has 1 atom stereocenters. The van der Waals surface area contributed by atoms with E-state index in [2.05, 4.69) is 72.4 Å². The van der Waals surface area contributed by atoms with Crippen molar-refractivity contribution in [2.75, 3.05) is 0 Å². The minimum Gasteiger partial charge on any atom is -0.256 e. The summed E-state index contributed by atoms with van der Waals surface area (Å²) in [6.45, 7) is 6.69. The SMILES string of the molecule is CC(C)c1ccc2ncc(CC(C)c3ccc4ncnn4c3)cc2c1. The molecule has 0 aliphatic rings. The summed E-state index contributed by atoms with van der Waals surface area (Å²) in [7, 11) is 0. The predicted octanol–water partition coefficient (Wildman–Crippen LogP) is 4.75. The lowest BCUT2D eigenvalue weighted by molar-refractivity contribution is 0.745. The van der Waals surface area contributed by atoms with Crippen LogP contribution >= 0.6 is 0 Å². The Balaban J connectivity index is 1.62. The van der Waals surface area contributed by atoms with E-state index in [9.17, 15) is 0 Å². The van der Waals surface area contributed by atoms with E-state index >= 15 is 0 Å². The zero-order chi connectivity index (χ0) is 17.4. The zero-order valence-corrected chi connectivity index (χ0v) is 14.8. The minimum atomic E-state index is 0.390. The van der Waals surface area contributed by atoms with Gasteiger partial charge in [-0.1, -0.05) is 32.9 Å². The van der Waals surface area contributed by atoms with Crippen LogP contribution in [0.25, 0.3) is 16.6 Å². The van der Waals surface area contributed by atoms with Crippen LogP contribution < -0.4 is 0 Å². The highest BCUT2D eigenvalue weighted by Gasteiger charge is 2.10. The minimum absolute atomic E-state index is 0.390. The maximum absolute atomic E-state index is 4.64. The quantitative estimate of drug-likeness (QED) is 0.542. The Kier molecular flexibility index (Phi) is 3.96. The summed E-state index contributed by atoms with van der Waals surface area (Å²) in [4.78, 5) is 8.84. The summed E-state index contributed by atoms with van der Waals surface area (Å²) in [6.07, 6.45) is 6.61. The molecule has 0 radical (unpaired) electrons. The first-order chi connectivity index (χ1) is 12.1. The van der Waals surface area contributed by atoms with Crippen LogP contribution in [0.4, 0.5) is 0 Å². The highest BCUT2D eigenvalue weighted by atomic mass is 15.3. The van der Waals surface area contributed by atoms with E-state index in [-0.39, 0.29) is 0 Å². The van der Waals surface area contributed by atoms with Gasteiger partial charge in [0.2, 0.25) is 0 Å². The zero-order valence-electron chi connectivity index (χ0n) is 14.8. The van der Waals surface area contributed by atoms with Gasteiger partial charge in [0.05, 0.1) is 5.52 Å². The molecule has 3 heterocycles. The Hall–Kier alpha value is -2.75. The van der Waals surface area contributed by atoms with E-state index in [4.69, 9.17) is 0 Å². The standard InChI is InChI=1S/C21H22N4/c1-14(2)17-4-6-20-19(10-17)9-16(11-22-20)8-15(3)18-5-7-21-23-13-24-25(21)12-18/h4-7,9-15H,8H2,1-3H3. The second-order valence-electron chi connectivity index (χ2n) is 7.08. The number of fused-ring (bicyclic) bond motifs is 2. The van der Waals surface area contributed by atoms with E-state index in [1.54, 1.807) is 6.33 Å². The van der Waals surface area contributed by atoms with Crippen LogP contribution in [0.5, 0.6) is 0 Å². The maximum atomic E-state index is 4.64. The number of nitrogens with zero attached hydrogens (tertiary/aromatic N) is 4. The third-order valence-corrected chi connectivity index (χ3v) is 4.84. The fourth-order valence-corrected chi connectivity index (χ4v) is 3.26. The second-order valence-corrected chi connectivity index (χ2v) is 7.08. The molecule has 0 saturated carbocycles. The van der Waals surface area contributed by atoms with Gasteiger partial charge in [-0.2, -0.15) is 5.10 Å². The van der Waals surface area contributed by atoms with E-state index in [0.29, 0.717) is 11.8 Å². The lowest BCUT2D eigenvalue weighted by Crippen LogP contribution is -2.01. The molecule has 4 rings (SSSR count). The van der Waals surface area contributed by atoms with Crippen molar-refractivity contribution in [2.45, 2.75) is 39.0 Å². The van der Waals surface area contributed by atoms with Gasteiger partial charge in [0, 0.05) is 17.8 Å². The fraction of sp³-hybridized carbons (Fsp3) is 0.286. The van der Waals surface area contributed by atoms with Crippen LogP contribution in [0.3, 0.4) is 0 Å². The van der Waals surface area contributed by atoms with Gasteiger partial charge in [0.25, 0.3) is 0 Å². The van der Waals surface area contributed by atoms with Crippen molar-refractivity contribution in [2.24, 2.45) is 0 Å². The molecule has 3 aromatic heterocycles. The molecule has 4 aromatic rings.